The first-order chi connectivity index (χ1) is 11.2. The molecule has 1 saturated heterocycles. The van der Waals surface area contributed by atoms with Crippen molar-refractivity contribution in [2.24, 2.45) is 5.92 Å². The van der Waals surface area contributed by atoms with Crippen molar-refractivity contribution in [3.05, 3.63) is 24.3 Å². The van der Waals surface area contributed by atoms with Crippen molar-refractivity contribution in [2.45, 2.75) is 51.0 Å². The predicted octanol–water partition coefficient (Wildman–Crippen LogP) is 3.32. The van der Waals surface area contributed by atoms with E-state index in [2.05, 4.69) is 10.6 Å². The van der Waals surface area contributed by atoms with E-state index in [1.165, 1.54) is 6.42 Å². The van der Waals surface area contributed by atoms with Crippen molar-refractivity contribution >= 4 is 23.2 Å². The van der Waals surface area contributed by atoms with Gasteiger partial charge in [-0.1, -0.05) is 19.3 Å². The molecule has 0 radical (unpaired) electrons. The lowest BCUT2D eigenvalue weighted by Crippen LogP contribution is -2.27. The summed E-state index contributed by atoms with van der Waals surface area (Å²) in [5, 5.41) is 5.82. The topological polar surface area (TPSA) is 67.4 Å². The summed E-state index contributed by atoms with van der Waals surface area (Å²) >= 11 is 0. The summed E-state index contributed by atoms with van der Waals surface area (Å²) in [6.45, 7) is 0.657. The largest absolute Gasteiger partial charge is 0.368 e. The summed E-state index contributed by atoms with van der Waals surface area (Å²) in [6.07, 6.45) is 6.89. The molecule has 1 atom stereocenters. The van der Waals surface area contributed by atoms with Gasteiger partial charge in [0.2, 0.25) is 5.91 Å². The fourth-order valence-electron chi connectivity index (χ4n) is 3.25. The van der Waals surface area contributed by atoms with Crippen molar-refractivity contribution in [2.75, 3.05) is 17.2 Å². The summed E-state index contributed by atoms with van der Waals surface area (Å²) in [4.78, 5) is 24.2. The summed E-state index contributed by atoms with van der Waals surface area (Å²) < 4.78 is 5.36. The SMILES string of the molecule is O=C(Nc1ccc(NC(=O)[C@H]2CCCO2)cc1)C1CCCCC1. The summed E-state index contributed by atoms with van der Waals surface area (Å²) in [5.74, 6) is 0.157. The van der Waals surface area contributed by atoms with E-state index in [0.29, 0.717) is 6.61 Å². The number of hydrogen-bond acceptors (Lipinski definition) is 3. The van der Waals surface area contributed by atoms with Gasteiger partial charge in [0, 0.05) is 23.9 Å². The molecule has 2 fully saturated rings. The van der Waals surface area contributed by atoms with Gasteiger partial charge in [0.1, 0.15) is 6.10 Å². The van der Waals surface area contributed by atoms with Gasteiger partial charge in [-0.25, -0.2) is 0 Å². The van der Waals surface area contributed by atoms with Crippen LogP contribution in [0.4, 0.5) is 11.4 Å². The number of benzene rings is 1. The number of ether oxygens (including phenoxy) is 1. The molecule has 1 heterocycles. The molecule has 2 aliphatic rings. The van der Waals surface area contributed by atoms with Crippen molar-refractivity contribution in [3.8, 4) is 0 Å². The van der Waals surface area contributed by atoms with Gasteiger partial charge in [-0.15, -0.1) is 0 Å². The maximum absolute atomic E-state index is 12.2. The van der Waals surface area contributed by atoms with E-state index in [0.717, 1.165) is 49.9 Å². The van der Waals surface area contributed by atoms with Gasteiger partial charge in [-0.05, 0) is 49.9 Å². The van der Waals surface area contributed by atoms with Crippen LogP contribution in [0.3, 0.4) is 0 Å². The molecule has 1 aliphatic heterocycles. The first-order valence-corrected chi connectivity index (χ1v) is 8.56. The Kier molecular flexibility index (Phi) is 5.28. The molecule has 2 amide bonds. The Morgan fingerprint density at radius 3 is 2.00 bits per heavy atom. The molecule has 0 spiro atoms. The predicted molar refractivity (Wildman–Crippen MR) is 89.3 cm³/mol. The Hall–Kier alpha value is -1.88. The zero-order valence-electron chi connectivity index (χ0n) is 13.3. The highest BCUT2D eigenvalue weighted by atomic mass is 16.5. The third kappa shape index (κ3) is 4.32. The minimum Gasteiger partial charge on any atom is -0.368 e. The van der Waals surface area contributed by atoms with Crippen molar-refractivity contribution in [1.82, 2.24) is 0 Å². The van der Waals surface area contributed by atoms with Gasteiger partial charge in [0.05, 0.1) is 0 Å². The number of anilines is 2. The lowest BCUT2D eigenvalue weighted by atomic mass is 9.88. The van der Waals surface area contributed by atoms with Crippen LogP contribution in [0.1, 0.15) is 44.9 Å². The number of amides is 2. The Morgan fingerprint density at radius 2 is 1.43 bits per heavy atom. The van der Waals surface area contributed by atoms with E-state index in [-0.39, 0.29) is 23.8 Å². The molecule has 0 unspecified atom stereocenters. The lowest BCUT2D eigenvalue weighted by molar-refractivity contribution is -0.124. The fourth-order valence-corrected chi connectivity index (χ4v) is 3.25. The first-order valence-electron chi connectivity index (χ1n) is 8.56. The van der Waals surface area contributed by atoms with Gasteiger partial charge >= 0.3 is 0 Å². The van der Waals surface area contributed by atoms with Crippen molar-refractivity contribution < 1.29 is 14.3 Å². The van der Waals surface area contributed by atoms with Crippen LogP contribution >= 0.6 is 0 Å². The van der Waals surface area contributed by atoms with Gasteiger partial charge in [0.25, 0.3) is 5.91 Å². The molecule has 1 aromatic carbocycles. The molecule has 5 heteroatoms. The Bertz CT molecular complexity index is 544. The smallest absolute Gasteiger partial charge is 0.253 e. The third-order valence-corrected chi connectivity index (χ3v) is 4.62. The average molecular weight is 316 g/mol. The van der Waals surface area contributed by atoms with Crippen LogP contribution in [0.25, 0.3) is 0 Å². The molecule has 1 aromatic rings. The number of hydrogen-bond donors (Lipinski definition) is 2. The highest BCUT2D eigenvalue weighted by Crippen LogP contribution is 2.25. The second kappa shape index (κ2) is 7.59. The maximum atomic E-state index is 12.2. The fraction of sp³-hybridized carbons (Fsp3) is 0.556. The summed E-state index contributed by atoms with van der Waals surface area (Å²) in [7, 11) is 0. The molecular weight excluding hydrogens is 292 g/mol. The Balaban J connectivity index is 1.52. The molecule has 1 aliphatic carbocycles. The van der Waals surface area contributed by atoms with Crippen LogP contribution in [0.5, 0.6) is 0 Å². The van der Waals surface area contributed by atoms with Crippen LogP contribution in [-0.2, 0) is 14.3 Å². The number of carbonyl (C=O) groups is 2. The molecule has 0 aromatic heterocycles. The molecule has 124 valence electrons. The Labute approximate surface area is 136 Å². The molecule has 23 heavy (non-hydrogen) atoms. The van der Waals surface area contributed by atoms with Crippen molar-refractivity contribution in [3.63, 3.8) is 0 Å². The van der Waals surface area contributed by atoms with E-state index in [1.54, 1.807) is 0 Å². The average Bonchev–Trinajstić information content (AvgIpc) is 3.12. The highest BCUT2D eigenvalue weighted by Gasteiger charge is 2.23. The number of nitrogens with one attached hydrogen (secondary N) is 2. The van der Waals surface area contributed by atoms with Crippen LogP contribution in [0.2, 0.25) is 0 Å². The van der Waals surface area contributed by atoms with E-state index >= 15 is 0 Å². The number of rotatable bonds is 4. The minimum absolute atomic E-state index is 0.0958. The third-order valence-electron chi connectivity index (χ3n) is 4.62. The number of carbonyl (C=O) groups excluding carboxylic acids is 2. The van der Waals surface area contributed by atoms with Gasteiger partial charge < -0.3 is 15.4 Å². The van der Waals surface area contributed by atoms with E-state index < -0.39 is 0 Å². The molecule has 5 nitrogen and oxygen atoms in total. The van der Waals surface area contributed by atoms with Crippen LogP contribution < -0.4 is 10.6 Å². The Morgan fingerprint density at radius 1 is 0.826 bits per heavy atom. The molecular formula is C18H24N2O3. The maximum Gasteiger partial charge on any atom is 0.253 e. The minimum atomic E-state index is -0.333. The van der Waals surface area contributed by atoms with Crippen LogP contribution in [0.15, 0.2) is 24.3 Å². The van der Waals surface area contributed by atoms with Gasteiger partial charge in [-0.2, -0.15) is 0 Å². The zero-order chi connectivity index (χ0) is 16.1. The summed E-state index contributed by atoms with van der Waals surface area (Å²) in [5.41, 5.74) is 1.50. The molecule has 2 N–H and O–H groups in total. The first kappa shape index (κ1) is 16.0. The van der Waals surface area contributed by atoms with Crippen molar-refractivity contribution in [1.29, 1.82) is 0 Å². The molecule has 0 bridgehead atoms. The lowest BCUT2D eigenvalue weighted by Gasteiger charge is -2.20. The van der Waals surface area contributed by atoms with E-state index in [1.807, 2.05) is 24.3 Å². The van der Waals surface area contributed by atoms with Crippen LogP contribution in [0, 0.1) is 5.92 Å². The molecule has 3 rings (SSSR count). The second-order valence-electron chi connectivity index (χ2n) is 6.39. The quantitative estimate of drug-likeness (QED) is 0.895. The van der Waals surface area contributed by atoms with Gasteiger partial charge in [-0.3, -0.25) is 9.59 Å². The van der Waals surface area contributed by atoms with Gasteiger partial charge in [0.15, 0.2) is 0 Å². The van der Waals surface area contributed by atoms with E-state index in [4.69, 9.17) is 4.74 Å². The van der Waals surface area contributed by atoms with Crippen LogP contribution in [-0.4, -0.2) is 24.5 Å². The monoisotopic (exact) mass is 316 g/mol. The zero-order valence-corrected chi connectivity index (χ0v) is 13.3. The normalized spacial score (nSPS) is 21.8. The highest BCUT2D eigenvalue weighted by molar-refractivity contribution is 5.95. The summed E-state index contributed by atoms with van der Waals surface area (Å²) in [6, 6.07) is 7.27. The standard InChI is InChI=1S/C18H24N2O3/c21-17(13-5-2-1-3-6-13)19-14-8-10-15(11-9-14)20-18(22)16-7-4-12-23-16/h8-11,13,16H,1-7,12H2,(H,19,21)(H,20,22)/t16-/m1/s1. The molecule has 1 saturated carbocycles. The van der Waals surface area contributed by atoms with E-state index in [9.17, 15) is 9.59 Å². The second-order valence-corrected chi connectivity index (χ2v) is 6.39.